The number of nitrogens with zero attached hydrogens (tertiary/aromatic N) is 1. The highest BCUT2D eigenvalue weighted by Gasteiger charge is 2.21. The zero-order valence-corrected chi connectivity index (χ0v) is 13.7. The van der Waals surface area contributed by atoms with Crippen molar-refractivity contribution in [2.75, 3.05) is 13.7 Å². The summed E-state index contributed by atoms with van der Waals surface area (Å²) in [6, 6.07) is 8.03. The van der Waals surface area contributed by atoms with Crippen LogP contribution in [0.25, 0.3) is 0 Å². The summed E-state index contributed by atoms with van der Waals surface area (Å²) in [5.74, 6) is 0.884. The first-order valence-electron chi connectivity index (χ1n) is 7.06. The number of aromatic nitrogens is 1. The van der Waals surface area contributed by atoms with Crippen LogP contribution in [-0.2, 0) is 0 Å². The van der Waals surface area contributed by atoms with E-state index in [2.05, 4.69) is 43.2 Å². The maximum Gasteiger partial charge on any atom is 0.124 e. The molecule has 0 amide bonds. The van der Waals surface area contributed by atoms with Crippen LogP contribution in [0.1, 0.15) is 35.3 Å². The van der Waals surface area contributed by atoms with Crippen LogP contribution < -0.4 is 10.1 Å². The van der Waals surface area contributed by atoms with Crippen molar-refractivity contribution in [1.29, 1.82) is 0 Å². The fraction of sp³-hybridized carbons (Fsp3) is 0.353. The van der Waals surface area contributed by atoms with Crippen LogP contribution in [0, 0.1) is 13.8 Å². The number of hydrogen-bond donors (Lipinski definition) is 1. The molecular formula is C17H21ClN2O. The normalized spacial score (nSPS) is 12.2. The molecule has 112 valence electrons. The largest absolute Gasteiger partial charge is 0.496 e. The van der Waals surface area contributed by atoms with Gasteiger partial charge in [0.2, 0.25) is 0 Å². The molecule has 1 aromatic heterocycles. The lowest BCUT2D eigenvalue weighted by atomic mass is 9.95. The molecular weight excluding hydrogens is 284 g/mol. The third kappa shape index (κ3) is 3.55. The number of pyridine rings is 1. The second-order valence-electron chi connectivity index (χ2n) is 5.09. The number of nitrogens with one attached hydrogen (secondary N) is 1. The molecule has 0 aliphatic heterocycles. The Bertz CT molecular complexity index is 611. The van der Waals surface area contributed by atoms with Crippen molar-refractivity contribution < 1.29 is 4.74 Å². The summed E-state index contributed by atoms with van der Waals surface area (Å²) < 4.78 is 5.59. The Morgan fingerprint density at radius 2 is 2.05 bits per heavy atom. The summed E-state index contributed by atoms with van der Waals surface area (Å²) in [4.78, 5) is 4.46. The Kier molecular flexibility index (Phi) is 5.21. The van der Waals surface area contributed by atoms with E-state index in [1.807, 2.05) is 12.1 Å². The molecule has 0 saturated heterocycles. The summed E-state index contributed by atoms with van der Waals surface area (Å²) in [6.07, 6.45) is 1.68. The maximum atomic E-state index is 5.94. The first-order chi connectivity index (χ1) is 10.1. The molecule has 1 unspecified atom stereocenters. The van der Waals surface area contributed by atoms with Crippen molar-refractivity contribution in [1.82, 2.24) is 10.3 Å². The molecule has 3 nitrogen and oxygen atoms in total. The lowest BCUT2D eigenvalue weighted by Crippen LogP contribution is -2.24. The molecule has 1 aromatic carbocycles. The average molecular weight is 305 g/mol. The number of benzene rings is 1. The predicted molar refractivity (Wildman–Crippen MR) is 87.2 cm³/mol. The van der Waals surface area contributed by atoms with Gasteiger partial charge in [0, 0.05) is 11.8 Å². The van der Waals surface area contributed by atoms with E-state index in [4.69, 9.17) is 16.3 Å². The minimum atomic E-state index is -0.0113. The van der Waals surface area contributed by atoms with E-state index in [-0.39, 0.29) is 6.04 Å². The number of halogens is 1. The molecule has 1 atom stereocenters. The highest BCUT2D eigenvalue weighted by Crippen LogP contribution is 2.33. The summed E-state index contributed by atoms with van der Waals surface area (Å²) in [6.45, 7) is 7.09. The lowest BCUT2D eigenvalue weighted by Gasteiger charge is -2.23. The van der Waals surface area contributed by atoms with Crippen LogP contribution in [0.5, 0.6) is 5.75 Å². The summed E-state index contributed by atoms with van der Waals surface area (Å²) in [5.41, 5.74) is 4.44. The second-order valence-corrected chi connectivity index (χ2v) is 5.53. The molecule has 1 N–H and O–H groups in total. The molecule has 2 rings (SSSR count). The van der Waals surface area contributed by atoms with Gasteiger partial charge in [0.25, 0.3) is 0 Å². The molecule has 21 heavy (non-hydrogen) atoms. The minimum Gasteiger partial charge on any atom is -0.496 e. The topological polar surface area (TPSA) is 34.2 Å². The summed E-state index contributed by atoms with van der Waals surface area (Å²) in [7, 11) is 1.70. The molecule has 0 aliphatic carbocycles. The standard InChI is InChI=1S/C17H21ClN2O/c1-5-19-17(14-7-6-13(18)10-20-14)16-12(3)8-11(2)9-15(16)21-4/h6-10,17,19H,5H2,1-4H3. The maximum absolute atomic E-state index is 5.94. The zero-order valence-electron chi connectivity index (χ0n) is 12.9. The van der Waals surface area contributed by atoms with Gasteiger partial charge in [0.05, 0.1) is 23.9 Å². The fourth-order valence-corrected chi connectivity index (χ4v) is 2.71. The molecule has 1 heterocycles. The number of rotatable bonds is 5. The Balaban J connectivity index is 2.55. The van der Waals surface area contributed by atoms with E-state index < -0.39 is 0 Å². The lowest BCUT2D eigenvalue weighted by molar-refractivity contribution is 0.403. The Hall–Kier alpha value is -1.58. The molecule has 0 fully saturated rings. The van der Waals surface area contributed by atoms with Crippen molar-refractivity contribution in [3.05, 3.63) is 57.9 Å². The fourth-order valence-electron chi connectivity index (χ4n) is 2.60. The molecule has 4 heteroatoms. The van der Waals surface area contributed by atoms with E-state index in [9.17, 15) is 0 Å². The van der Waals surface area contributed by atoms with Gasteiger partial charge in [-0.25, -0.2) is 0 Å². The van der Waals surface area contributed by atoms with Gasteiger partial charge < -0.3 is 10.1 Å². The molecule has 0 aliphatic rings. The van der Waals surface area contributed by atoms with Crippen molar-refractivity contribution in [3.63, 3.8) is 0 Å². The average Bonchev–Trinajstić information content (AvgIpc) is 2.46. The number of methoxy groups -OCH3 is 1. The van der Waals surface area contributed by atoms with Crippen LogP contribution in [-0.4, -0.2) is 18.6 Å². The Labute approximate surface area is 131 Å². The van der Waals surface area contributed by atoms with E-state index >= 15 is 0 Å². The van der Waals surface area contributed by atoms with Gasteiger partial charge in [-0.05, 0) is 49.7 Å². The van der Waals surface area contributed by atoms with Crippen molar-refractivity contribution in [3.8, 4) is 5.75 Å². The van der Waals surface area contributed by atoms with Gasteiger partial charge >= 0.3 is 0 Å². The Morgan fingerprint density at radius 1 is 1.29 bits per heavy atom. The monoisotopic (exact) mass is 304 g/mol. The van der Waals surface area contributed by atoms with Gasteiger partial charge in [0.1, 0.15) is 5.75 Å². The van der Waals surface area contributed by atoms with Crippen LogP contribution in [0.2, 0.25) is 5.02 Å². The van der Waals surface area contributed by atoms with E-state index in [0.717, 1.165) is 23.6 Å². The quantitative estimate of drug-likeness (QED) is 0.904. The van der Waals surface area contributed by atoms with E-state index in [1.165, 1.54) is 11.1 Å². The second kappa shape index (κ2) is 6.92. The molecule has 0 bridgehead atoms. The van der Waals surface area contributed by atoms with Crippen molar-refractivity contribution >= 4 is 11.6 Å². The number of ether oxygens (including phenoxy) is 1. The first-order valence-corrected chi connectivity index (χ1v) is 7.44. The zero-order chi connectivity index (χ0) is 15.4. The summed E-state index contributed by atoms with van der Waals surface area (Å²) >= 11 is 5.94. The molecule has 0 radical (unpaired) electrons. The minimum absolute atomic E-state index is 0.0113. The highest BCUT2D eigenvalue weighted by molar-refractivity contribution is 6.30. The number of hydrogen-bond acceptors (Lipinski definition) is 3. The number of aryl methyl sites for hydroxylation is 2. The SMILES string of the molecule is CCNC(c1ccc(Cl)cn1)c1c(C)cc(C)cc1OC. The third-order valence-electron chi connectivity index (χ3n) is 3.46. The van der Waals surface area contributed by atoms with Crippen molar-refractivity contribution in [2.24, 2.45) is 0 Å². The van der Waals surface area contributed by atoms with Crippen LogP contribution in [0.15, 0.2) is 30.5 Å². The predicted octanol–water partition coefficient (Wildman–Crippen LogP) is 4.06. The van der Waals surface area contributed by atoms with Crippen molar-refractivity contribution in [2.45, 2.75) is 26.8 Å². The summed E-state index contributed by atoms with van der Waals surface area (Å²) in [5, 5.41) is 4.12. The molecule has 0 spiro atoms. The van der Waals surface area contributed by atoms with Gasteiger partial charge in [-0.3, -0.25) is 4.98 Å². The van der Waals surface area contributed by atoms with E-state index in [0.29, 0.717) is 5.02 Å². The van der Waals surface area contributed by atoms with Crippen LogP contribution in [0.4, 0.5) is 0 Å². The van der Waals surface area contributed by atoms with Gasteiger partial charge in [-0.2, -0.15) is 0 Å². The first kappa shape index (κ1) is 15.8. The molecule has 2 aromatic rings. The third-order valence-corrected chi connectivity index (χ3v) is 3.68. The molecule has 0 saturated carbocycles. The van der Waals surface area contributed by atoms with E-state index in [1.54, 1.807) is 13.3 Å². The van der Waals surface area contributed by atoms with Gasteiger partial charge in [-0.15, -0.1) is 0 Å². The van der Waals surface area contributed by atoms with Crippen LogP contribution >= 0.6 is 11.6 Å². The smallest absolute Gasteiger partial charge is 0.124 e. The van der Waals surface area contributed by atoms with Crippen LogP contribution in [0.3, 0.4) is 0 Å². The van der Waals surface area contributed by atoms with Gasteiger partial charge in [-0.1, -0.05) is 24.6 Å². The Morgan fingerprint density at radius 3 is 2.62 bits per heavy atom. The van der Waals surface area contributed by atoms with Gasteiger partial charge in [0.15, 0.2) is 0 Å². The highest BCUT2D eigenvalue weighted by atomic mass is 35.5.